The van der Waals surface area contributed by atoms with Gasteiger partial charge in [0, 0.05) is 25.3 Å². The Morgan fingerprint density at radius 1 is 1.29 bits per heavy atom. The molecule has 0 aromatic carbocycles. The van der Waals surface area contributed by atoms with Crippen LogP contribution in [0.1, 0.15) is 31.2 Å². The summed E-state index contributed by atoms with van der Waals surface area (Å²) in [4.78, 5) is 5.57. The molecule has 1 unspecified atom stereocenters. The van der Waals surface area contributed by atoms with Gasteiger partial charge in [-0.05, 0) is 31.7 Å². The number of aromatic nitrogens is 1. The van der Waals surface area contributed by atoms with Gasteiger partial charge in [-0.15, -0.1) is 0 Å². The summed E-state index contributed by atoms with van der Waals surface area (Å²) in [5.74, 6) is 0.250. The van der Waals surface area contributed by atoms with Crippen LogP contribution >= 0.6 is 11.6 Å². The highest BCUT2D eigenvalue weighted by molar-refractivity contribution is 7.90. The molecule has 2 aliphatic rings. The van der Waals surface area contributed by atoms with Crippen LogP contribution in [0.25, 0.3) is 0 Å². The maximum atomic E-state index is 12.7. The van der Waals surface area contributed by atoms with E-state index in [4.69, 9.17) is 11.6 Å². The van der Waals surface area contributed by atoms with Gasteiger partial charge in [-0.2, -0.15) is 13.2 Å². The van der Waals surface area contributed by atoms with E-state index in [1.807, 2.05) is 0 Å². The van der Waals surface area contributed by atoms with E-state index in [1.165, 1.54) is 0 Å². The quantitative estimate of drug-likeness (QED) is 0.868. The number of pyridine rings is 1. The lowest BCUT2D eigenvalue weighted by atomic mass is 10.1. The van der Waals surface area contributed by atoms with Crippen LogP contribution < -0.4 is 9.62 Å². The predicted octanol–water partition coefficient (Wildman–Crippen LogP) is 2.80. The zero-order valence-corrected chi connectivity index (χ0v) is 14.3. The summed E-state index contributed by atoms with van der Waals surface area (Å²) in [7, 11) is -3.31. The number of rotatable bonds is 4. The number of anilines is 1. The van der Waals surface area contributed by atoms with Crippen molar-refractivity contribution < 1.29 is 21.6 Å². The third-order valence-electron chi connectivity index (χ3n) is 4.16. The van der Waals surface area contributed by atoms with E-state index in [0.29, 0.717) is 38.8 Å². The lowest BCUT2D eigenvalue weighted by Crippen LogP contribution is -2.48. The standard InChI is InChI=1S/C14H17ClF3N3O2S/c15-12-6-9(14(16,17)18)7-19-13(12)21-5-1-2-10(8-21)20-24(22,23)11-3-4-11/h6-7,10-11,20H,1-5,8H2. The summed E-state index contributed by atoms with van der Waals surface area (Å²) >= 11 is 5.97. The molecule has 5 nitrogen and oxygen atoms in total. The number of halogens is 4. The summed E-state index contributed by atoms with van der Waals surface area (Å²) in [5.41, 5.74) is -0.903. The van der Waals surface area contributed by atoms with Gasteiger partial charge in [-0.3, -0.25) is 0 Å². The summed E-state index contributed by atoms with van der Waals surface area (Å²) in [6.45, 7) is 0.907. The number of hydrogen-bond donors (Lipinski definition) is 1. The van der Waals surface area contributed by atoms with Gasteiger partial charge in [0.25, 0.3) is 0 Å². The van der Waals surface area contributed by atoms with Crippen LogP contribution in [0.15, 0.2) is 12.3 Å². The van der Waals surface area contributed by atoms with E-state index >= 15 is 0 Å². The molecule has 0 radical (unpaired) electrons. The Bertz CT molecular complexity index is 722. The summed E-state index contributed by atoms with van der Waals surface area (Å²) < 4.78 is 64.8. The summed E-state index contributed by atoms with van der Waals surface area (Å²) in [6.07, 6.45) is -1.01. The molecule has 10 heteroatoms. The van der Waals surface area contributed by atoms with Crippen LogP contribution in [0.4, 0.5) is 19.0 Å². The lowest BCUT2D eigenvalue weighted by molar-refractivity contribution is -0.137. The molecule has 2 heterocycles. The first-order valence-electron chi connectivity index (χ1n) is 7.65. The fraction of sp³-hybridized carbons (Fsp3) is 0.643. The Hall–Kier alpha value is -1.06. The Labute approximate surface area is 143 Å². The molecule has 1 aromatic rings. The molecule has 2 fully saturated rings. The van der Waals surface area contributed by atoms with Crippen LogP contribution in [0.5, 0.6) is 0 Å². The van der Waals surface area contributed by atoms with Crippen molar-refractivity contribution >= 4 is 27.4 Å². The van der Waals surface area contributed by atoms with Gasteiger partial charge >= 0.3 is 6.18 Å². The van der Waals surface area contributed by atoms with E-state index in [1.54, 1.807) is 4.90 Å². The highest BCUT2D eigenvalue weighted by Gasteiger charge is 2.38. The normalized spacial score (nSPS) is 22.7. The van der Waals surface area contributed by atoms with Crippen molar-refractivity contribution in [1.82, 2.24) is 9.71 Å². The van der Waals surface area contributed by atoms with Crippen LogP contribution in [-0.2, 0) is 16.2 Å². The van der Waals surface area contributed by atoms with Gasteiger partial charge in [-0.25, -0.2) is 18.1 Å². The monoisotopic (exact) mass is 383 g/mol. The van der Waals surface area contributed by atoms with Gasteiger partial charge in [0.1, 0.15) is 5.82 Å². The molecule has 134 valence electrons. The van der Waals surface area contributed by atoms with E-state index in [0.717, 1.165) is 12.3 Å². The van der Waals surface area contributed by atoms with Crippen LogP contribution in [0, 0.1) is 0 Å². The SMILES string of the molecule is O=S(=O)(NC1CCCN(c2ncc(C(F)(F)F)cc2Cl)C1)C1CC1. The van der Waals surface area contributed by atoms with Gasteiger partial charge in [0.05, 0.1) is 15.8 Å². The molecular formula is C14H17ClF3N3O2S. The van der Waals surface area contributed by atoms with Gasteiger partial charge in [-0.1, -0.05) is 11.6 Å². The lowest BCUT2D eigenvalue weighted by Gasteiger charge is -2.34. The van der Waals surface area contributed by atoms with Crippen molar-refractivity contribution in [3.8, 4) is 0 Å². The number of nitrogens with zero attached hydrogens (tertiary/aromatic N) is 2. The molecule has 0 bridgehead atoms. The van der Waals surface area contributed by atoms with Gasteiger partial charge in [0.2, 0.25) is 10.0 Å². The minimum absolute atomic E-state index is 0.0875. The smallest absolute Gasteiger partial charge is 0.354 e. The third kappa shape index (κ3) is 3.94. The Morgan fingerprint density at radius 2 is 2.00 bits per heavy atom. The highest BCUT2D eigenvalue weighted by atomic mass is 35.5. The molecule has 1 saturated heterocycles. The molecule has 1 atom stereocenters. The fourth-order valence-corrected chi connectivity index (χ4v) is 4.68. The molecule has 1 aliphatic carbocycles. The van der Waals surface area contributed by atoms with E-state index in [-0.39, 0.29) is 22.1 Å². The Kier molecular flexibility index (Phi) is 4.69. The second-order valence-electron chi connectivity index (χ2n) is 6.17. The first kappa shape index (κ1) is 17.8. The molecule has 1 aromatic heterocycles. The molecule has 1 N–H and O–H groups in total. The second kappa shape index (κ2) is 6.34. The zero-order chi connectivity index (χ0) is 17.5. The van der Waals surface area contributed by atoms with E-state index < -0.39 is 21.8 Å². The van der Waals surface area contributed by atoms with E-state index in [9.17, 15) is 21.6 Å². The number of piperidine rings is 1. The molecule has 0 spiro atoms. The molecule has 1 aliphatic heterocycles. The van der Waals surface area contributed by atoms with E-state index in [2.05, 4.69) is 9.71 Å². The maximum absolute atomic E-state index is 12.7. The number of nitrogens with one attached hydrogen (secondary N) is 1. The van der Waals surface area contributed by atoms with Crippen molar-refractivity contribution in [2.75, 3.05) is 18.0 Å². The zero-order valence-electron chi connectivity index (χ0n) is 12.7. The van der Waals surface area contributed by atoms with Crippen molar-refractivity contribution in [3.05, 3.63) is 22.8 Å². The first-order chi connectivity index (χ1) is 11.2. The Balaban J connectivity index is 1.72. The van der Waals surface area contributed by atoms with Crippen molar-refractivity contribution in [1.29, 1.82) is 0 Å². The predicted molar refractivity (Wildman–Crippen MR) is 84.6 cm³/mol. The molecule has 1 saturated carbocycles. The minimum Gasteiger partial charge on any atom is -0.354 e. The fourth-order valence-electron chi connectivity index (χ4n) is 2.79. The number of hydrogen-bond acceptors (Lipinski definition) is 4. The molecule has 0 amide bonds. The molecular weight excluding hydrogens is 367 g/mol. The summed E-state index contributed by atoms with van der Waals surface area (Å²) in [5, 5.41) is -0.392. The topological polar surface area (TPSA) is 62.3 Å². The van der Waals surface area contributed by atoms with Crippen LogP contribution in [0.3, 0.4) is 0 Å². The molecule has 24 heavy (non-hydrogen) atoms. The van der Waals surface area contributed by atoms with Gasteiger partial charge < -0.3 is 4.90 Å². The minimum atomic E-state index is -4.50. The molecule has 3 rings (SSSR count). The largest absolute Gasteiger partial charge is 0.417 e. The van der Waals surface area contributed by atoms with Crippen LogP contribution in [-0.4, -0.2) is 37.8 Å². The maximum Gasteiger partial charge on any atom is 0.417 e. The van der Waals surface area contributed by atoms with Crippen LogP contribution in [0.2, 0.25) is 5.02 Å². The average molecular weight is 384 g/mol. The number of sulfonamides is 1. The van der Waals surface area contributed by atoms with Gasteiger partial charge in [0.15, 0.2) is 0 Å². The first-order valence-corrected chi connectivity index (χ1v) is 9.58. The number of alkyl halides is 3. The third-order valence-corrected chi connectivity index (χ3v) is 6.45. The average Bonchev–Trinajstić information content (AvgIpc) is 3.31. The van der Waals surface area contributed by atoms with Crippen molar-refractivity contribution in [2.24, 2.45) is 0 Å². The highest BCUT2D eigenvalue weighted by Crippen LogP contribution is 2.34. The van der Waals surface area contributed by atoms with Crippen molar-refractivity contribution in [2.45, 2.75) is 43.2 Å². The Morgan fingerprint density at radius 3 is 2.58 bits per heavy atom. The second-order valence-corrected chi connectivity index (χ2v) is 8.57. The summed E-state index contributed by atoms with van der Waals surface area (Å²) in [6, 6.07) is 0.562. The van der Waals surface area contributed by atoms with Crippen molar-refractivity contribution in [3.63, 3.8) is 0 Å².